The fraction of sp³-hybridized carbons (Fsp3) is 0.316. The molecule has 2 aromatic carbocycles. The van der Waals surface area contributed by atoms with Crippen LogP contribution in [0.5, 0.6) is 0 Å². The number of halogens is 2. The van der Waals surface area contributed by atoms with Crippen molar-refractivity contribution in [1.82, 2.24) is 4.90 Å². The van der Waals surface area contributed by atoms with Crippen LogP contribution in [-0.2, 0) is 11.3 Å². The van der Waals surface area contributed by atoms with Crippen LogP contribution in [0.15, 0.2) is 53.0 Å². The molecule has 1 atom stereocenters. The second-order valence-corrected chi connectivity index (χ2v) is 7.55. The van der Waals surface area contributed by atoms with Crippen molar-refractivity contribution in [2.45, 2.75) is 19.4 Å². The van der Waals surface area contributed by atoms with Gasteiger partial charge in [-0.2, -0.15) is 0 Å². The molecule has 0 spiro atoms. The molecule has 0 aromatic heterocycles. The first kappa shape index (κ1) is 17.5. The molecule has 1 fully saturated rings. The van der Waals surface area contributed by atoms with Crippen molar-refractivity contribution in [2.75, 3.05) is 18.4 Å². The molecule has 1 N–H and O–H groups in total. The van der Waals surface area contributed by atoms with Gasteiger partial charge in [-0.1, -0.05) is 39.7 Å². The second kappa shape index (κ2) is 8.15. The normalized spacial score (nSPS) is 18.3. The van der Waals surface area contributed by atoms with Crippen LogP contribution in [0.25, 0.3) is 0 Å². The van der Waals surface area contributed by atoms with Crippen molar-refractivity contribution in [3.8, 4) is 0 Å². The van der Waals surface area contributed by atoms with Gasteiger partial charge in [0.2, 0.25) is 5.91 Å². The maximum absolute atomic E-state index is 12.5. The Balaban J connectivity index is 1.57. The van der Waals surface area contributed by atoms with Gasteiger partial charge < -0.3 is 5.32 Å². The maximum atomic E-state index is 12.5. The largest absolute Gasteiger partial charge is 0.326 e. The van der Waals surface area contributed by atoms with Gasteiger partial charge in [-0.15, -0.1) is 0 Å². The SMILES string of the molecule is O=C(Nc1ccc(Br)cc1)[C@@H]1CCCN(Cc2ccc(Cl)cc2)C1. The third kappa shape index (κ3) is 4.82. The number of amides is 1. The lowest BCUT2D eigenvalue weighted by Gasteiger charge is -2.32. The summed E-state index contributed by atoms with van der Waals surface area (Å²) in [4.78, 5) is 14.9. The van der Waals surface area contributed by atoms with Gasteiger partial charge >= 0.3 is 0 Å². The van der Waals surface area contributed by atoms with E-state index in [4.69, 9.17) is 11.6 Å². The summed E-state index contributed by atoms with van der Waals surface area (Å²) in [7, 11) is 0. The van der Waals surface area contributed by atoms with E-state index in [1.54, 1.807) is 0 Å². The topological polar surface area (TPSA) is 32.3 Å². The number of carbonyl (C=O) groups excluding carboxylic acids is 1. The number of hydrogen-bond donors (Lipinski definition) is 1. The van der Waals surface area contributed by atoms with Crippen LogP contribution in [-0.4, -0.2) is 23.9 Å². The predicted octanol–water partition coefficient (Wildman–Crippen LogP) is 4.95. The Morgan fingerprint density at radius 1 is 1.17 bits per heavy atom. The number of piperidine rings is 1. The first-order valence-corrected chi connectivity index (χ1v) is 9.30. The standard InChI is InChI=1S/C19H20BrClN2O/c20-16-5-9-18(10-6-16)22-19(24)15-2-1-11-23(13-15)12-14-3-7-17(21)8-4-14/h3-10,15H,1-2,11-13H2,(H,22,24)/t15-/m1/s1. The van der Waals surface area contributed by atoms with E-state index >= 15 is 0 Å². The number of rotatable bonds is 4. The monoisotopic (exact) mass is 406 g/mol. The van der Waals surface area contributed by atoms with Gasteiger partial charge in [-0.3, -0.25) is 9.69 Å². The minimum absolute atomic E-state index is 0.0368. The third-order valence-corrected chi connectivity index (χ3v) is 5.09. The zero-order valence-electron chi connectivity index (χ0n) is 13.3. The molecule has 126 valence electrons. The van der Waals surface area contributed by atoms with Crippen molar-refractivity contribution in [3.63, 3.8) is 0 Å². The van der Waals surface area contributed by atoms with Gasteiger partial charge in [0, 0.05) is 28.3 Å². The zero-order valence-corrected chi connectivity index (χ0v) is 15.7. The highest BCUT2D eigenvalue weighted by molar-refractivity contribution is 9.10. The number of nitrogens with zero attached hydrogens (tertiary/aromatic N) is 1. The summed E-state index contributed by atoms with van der Waals surface area (Å²) in [5.41, 5.74) is 2.08. The van der Waals surface area contributed by atoms with Crippen molar-refractivity contribution >= 4 is 39.1 Å². The van der Waals surface area contributed by atoms with Gasteiger partial charge in [0.15, 0.2) is 0 Å². The molecule has 1 amide bonds. The minimum Gasteiger partial charge on any atom is -0.326 e. The lowest BCUT2D eigenvalue weighted by molar-refractivity contribution is -0.121. The van der Waals surface area contributed by atoms with Gasteiger partial charge in [0.1, 0.15) is 0 Å². The average molecular weight is 408 g/mol. The number of carbonyl (C=O) groups is 1. The third-order valence-electron chi connectivity index (χ3n) is 4.31. The van der Waals surface area contributed by atoms with E-state index in [0.717, 1.165) is 47.7 Å². The summed E-state index contributed by atoms with van der Waals surface area (Å²) in [6.07, 6.45) is 1.99. The molecule has 1 aliphatic heterocycles. The first-order chi connectivity index (χ1) is 11.6. The predicted molar refractivity (Wildman–Crippen MR) is 102 cm³/mol. The summed E-state index contributed by atoms with van der Waals surface area (Å²) in [5, 5.41) is 3.78. The molecule has 1 heterocycles. The van der Waals surface area contributed by atoms with Crippen molar-refractivity contribution < 1.29 is 4.79 Å². The summed E-state index contributed by atoms with van der Waals surface area (Å²) in [6.45, 7) is 2.69. The second-order valence-electron chi connectivity index (χ2n) is 6.20. The first-order valence-electron chi connectivity index (χ1n) is 8.13. The van der Waals surface area contributed by atoms with Gasteiger partial charge in [-0.25, -0.2) is 0 Å². The van der Waals surface area contributed by atoms with Crippen molar-refractivity contribution in [2.24, 2.45) is 5.92 Å². The number of anilines is 1. The molecule has 0 unspecified atom stereocenters. The zero-order chi connectivity index (χ0) is 16.9. The molecule has 2 aromatic rings. The fourth-order valence-corrected chi connectivity index (χ4v) is 3.43. The quantitative estimate of drug-likeness (QED) is 0.777. The lowest BCUT2D eigenvalue weighted by atomic mass is 9.96. The molecule has 5 heteroatoms. The number of nitrogens with one attached hydrogen (secondary N) is 1. The van der Waals surface area contributed by atoms with Crippen LogP contribution in [0.3, 0.4) is 0 Å². The van der Waals surface area contributed by atoms with E-state index in [1.807, 2.05) is 48.5 Å². The minimum atomic E-state index is 0.0368. The summed E-state index contributed by atoms with van der Waals surface area (Å²) < 4.78 is 1.01. The lowest BCUT2D eigenvalue weighted by Crippen LogP contribution is -2.40. The average Bonchev–Trinajstić information content (AvgIpc) is 2.59. The molecule has 1 saturated heterocycles. The van der Waals surface area contributed by atoms with E-state index in [-0.39, 0.29) is 11.8 Å². The van der Waals surface area contributed by atoms with E-state index in [1.165, 1.54) is 5.56 Å². The molecular formula is C19H20BrClN2O. The van der Waals surface area contributed by atoms with Crippen LogP contribution in [0.1, 0.15) is 18.4 Å². The van der Waals surface area contributed by atoms with E-state index in [0.29, 0.717) is 0 Å². The molecule has 0 aliphatic carbocycles. The Labute approximate surface area is 156 Å². The summed E-state index contributed by atoms with van der Waals surface area (Å²) in [6, 6.07) is 15.6. The molecule has 1 aliphatic rings. The molecule has 3 rings (SSSR count). The van der Waals surface area contributed by atoms with Crippen LogP contribution >= 0.6 is 27.5 Å². The molecule has 24 heavy (non-hydrogen) atoms. The van der Waals surface area contributed by atoms with E-state index < -0.39 is 0 Å². The van der Waals surface area contributed by atoms with Gasteiger partial charge in [0.25, 0.3) is 0 Å². The van der Waals surface area contributed by atoms with Crippen LogP contribution < -0.4 is 5.32 Å². The Bertz CT molecular complexity index is 688. The van der Waals surface area contributed by atoms with Crippen molar-refractivity contribution in [3.05, 3.63) is 63.6 Å². The Morgan fingerprint density at radius 2 is 1.88 bits per heavy atom. The molecule has 3 nitrogen and oxygen atoms in total. The van der Waals surface area contributed by atoms with E-state index in [9.17, 15) is 4.79 Å². The van der Waals surface area contributed by atoms with E-state index in [2.05, 4.69) is 26.1 Å². The highest BCUT2D eigenvalue weighted by Gasteiger charge is 2.25. The van der Waals surface area contributed by atoms with Gasteiger partial charge in [0.05, 0.1) is 5.92 Å². The Kier molecular flexibility index (Phi) is 5.93. The number of benzene rings is 2. The molecule has 0 radical (unpaired) electrons. The summed E-state index contributed by atoms with van der Waals surface area (Å²) >= 11 is 9.34. The smallest absolute Gasteiger partial charge is 0.228 e. The highest BCUT2D eigenvalue weighted by atomic mass is 79.9. The maximum Gasteiger partial charge on any atom is 0.228 e. The molecule has 0 bridgehead atoms. The Hall–Kier alpha value is -1.36. The molecular weight excluding hydrogens is 388 g/mol. The van der Waals surface area contributed by atoms with Gasteiger partial charge in [-0.05, 0) is 61.3 Å². The van der Waals surface area contributed by atoms with Crippen LogP contribution in [0.4, 0.5) is 5.69 Å². The fourth-order valence-electron chi connectivity index (χ4n) is 3.04. The van der Waals surface area contributed by atoms with Crippen LogP contribution in [0, 0.1) is 5.92 Å². The number of likely N-dealkylation sites (tertiary alicyclic amines) is 1. The van der Waals surface area contributed by atoms with Crippen molar-refractivity contribution in [1.29, 1.82) is 0 Å². The van der Waals surface area contributed by atoms with Crippen LogP contribution in [0.2, 0.25) is 5.02 Å². The molecule has 0 saturated carbocycles. The highest BCUT2D eigenvalue weighted by Crippen LogP contribution is 2.22. The summed E-state index contributed by atoms with van der Waals surface area (Å²) in [5.74, 6) is 0.146. The Morgan fingerprint density at radius 3 is 2.58 bits per heavy atom. The number of hydrogen-bond acceptors (Lipinski definition) is 2.